The molecule has 1 spiro atoms. The Labute approximate surface area is 191 Å². The van der Waals surface area contributed by atoms with Crippen molar-refractivity contribution in [2.75, 3.05) is 26.2 Å². The van der Waals surface area contributed by atoms with Gasteiger partial charge in [0.05, 0.1) is 23.1 Å². The Morgan fingerprint density at radius 1 is 1.24 bits per heavy atom. The number of halogens is 1. The number of H-pyrrole nitrogens is 1. The van der Waals surface area contributed by atoms with Crippen LogP contribution in [0.15, 0.2) is 48.5 Å². The van der Waals surface area contributed by atoms with Gasteiger partial charge in [0.1, 0.15) is 11.6 Å². The number of likely N-dealkylation sites (tertiary alicyclic amines) is 1. The van der Waals surface area contributed by atoms with Crippen molar-refractivity contribution in [3.63, 3.8) is 0 Å². The average molecular weight is 450 g/mol. The third-order valence-corrected chi connectivity index (χ3v) is 6.77. The molecule has 2 aromatic carbocycles. The van der Waals surface area contributed by atoms with Crippen molar-refractivity contribution in [3.8, 4) is 0 Å². The summed E-state index contributed by atoms with van der Waals surface area (Å²) >= 11 is 0. The summed E-state index contributed by atoms with van der Waals surface area (Å²) in [7, 11) is 0. The second kappa shape index (κ2) is 8.94. The summed E-state index contributed by atoms with van der Waals surface area (Å²) in [5.74, 6) is 0.461. The summed E-state index contributed by atoms with van der Waals surface area (Å²) in [6, 6.07) is 14.4. The van der Waals surface area contributed by atoms with E-state index in [9.17, 15) is 14.0 Å². The predicted octanol–water partition coefficient (Wildman–Crippen LogP) is 2.50. The lowest BCUT2D eigenvalue weighted by Crippen LogP contribution is -2.56. The van der Waals surface area contributed by atoms with Crippen molar-refractivity contribution >= 4 is 22.8 Å². The fourth-order valence-electron chi connectivity index (χ4n) is 5.33. The first-order valence-corrected chi connectivity index (χ1v) is 11.5. The smallest absolute Gasteiger partial charge is 0.234 e. The first-order valence-electron chi connectivity index (χ1n) is 11.5. The van der Waals surface area contributed by atoms with E-state index in [0.717, 1.165) is 35.3 Å². The quantitative estimate of drug-likeness (QED) is 0.539. The van der Waals surface area contributed by atoms with Crippen molar-refractivity contribution in [3.05, 3.63) is 65.7 Å². The molecule has 33 heavy (non-hydrogen) atoms. The molecule has 8 heteroatoms. The van der Waals surface area contributed by atoms with E-state index in [-0.39, 0.29) is 30.1 Å². The molecule has 0 saturated carbocycles. The highest BCUT2D eigenvalue weighted by Crippen LogP contribution is 2.41. The molecule has 2 atom stereocenters. The standard InChI is InChI=1S/C25H28FN5O2/c26-18-6-3-5-17(13-18)19-14-31(16-25(19)11-4-9-23(32)30-25)15-24(33)27-12-10-22-28-20-7-1-2-8-21(20)29-22/h1-3,5-8,13,19H,4,9-12,14-16H2,(H,27,33)(H,28,29)(H,30,32)/t19-,25+/m0/s1. The maximum absolute atomic E-state index is 13.9. The van der Waals surface area contributed by atoms with Crippen LogP contribution in [0.2, 0.25) is 0 Å². The summed E-state index contributed by atoms with van der Waals surface area (Å²) in [6.45, 7) is 1.91. The Hall–Kier alpha value is -3.26. The minimum atomic E-state index is -0.461. The number of carbonyl (C=O) groups is 2. The number of carbonyl (C=O) groups excluding carboxylic acids is 2. The zero-order valence-corrected chi connectivity index (χ0v) is 18.4. The van der Waals surface area contributed by atoms with Crippen LogP contribution in [0.4, 0.5) is 4.39 Å². The lowest BCUT2D eigenvalue weighted by Gasteiger charge is -2.39. The Bertz CT molecular complexity index is 1150. The van der Waals surface area contributed by atoms with Crippen molar-refractivity contribution < 1.29 is 14.0 Å². The van der Waals surface area contributed by atoms with Gasteiger partial charge in [-0.3, -0.25) is 14.5 Å². The molecular weight excluding hydrogens is 421 g/mol. The fourth-order valence-corrected chi connectivity index (χ4v) is 5.33. The number of benzene rings is 2. The van der Waals surface area contributed by atoms with Crippen LogP contribution in [-0.2, 0) is 16.0 Å². The monoisotopic (exact) mass is 449 g/mol. The molecule has 5 rings (SSSR count). The molecule has 2 saturated heterocycles. The summed E-state index contributed by atoms with van der Waals surface area (Å²) in [5, 5.41) is 6.17. The van der Waals surface area contributed by atoms with Gasteiger partial charge in [-0.1, -0.05) is 24.3 Å². The number of hydrogen-bond acceptors (Lipinski definition) is 4. The molecule has 2 aliphatic heterocycles. The van der Waals surface area contributed by atoms with E-state index in [1.807, 2.05) is 30.3 Å². The first kappa shape index (κ1) is 21.6. The minimum Gasteiger partial charge on any atom is -0.355 e. The highest BCUT2D eigenvalue weighted by atomic mass is 19.1. The van der Waals surface area contributed by atoms with Crippen LogP contribution in [0.25, 0.3) is 11.0 Å². The fraction of sp³-hybridized carbons (Fsp3) is 0.400. The number of piperidine rings is 1. The number of aromatic amines is 1. The largest absolute Gasteiger partial charge is 0.355 e. The van der Waals surface area contributed by atoms with E-state index in [4.69, 9.17) is 0 Å². The third-order valence-electron chi connectivity index (χ3n) is 6.77. The summed E-state index contributed by atoms with van der Waals surface area (Å²) < 4.78 is 13.9. The molecule has 0 radical (unpaired) electrons. The van der Waals surface area contributed by atoms with E-state index in [1.165, 1.54) is 6.07 Å². The van der Waals surface area contributed by atoms with E-state index < -0.39 is 5.54 Å². The number of para-hydroxylation sites is 2. The van der Waals surface area contributed by atoms with Gasteiger partial charge >= 0.3 is 0 Å². The number of imidazole rings is 1. The van der Waals surface area contributed by atoms with Crippen molar-refractivity contribution in [2.45, 2.75) is 37.1 Å². The van der Waals surface area contributed by atoms with E-state index in [2.05, 4.69) is 25.5 Å². The van der Waals surface area contributed by atoms with Gasteiger partial charge in [-0.15, -0.1) is 0 Å². The molecule has 7 nitrogen and oxygen atoms in total. The molecule has 3 N–H and O–H groups in total. The topological polar surface area (TPSA) is 90.1 Å². The Kier molecular flexibility index (Phi) is 5.85. The normalized spacial score (nSPS) is 23.2. The van der Waals surface area contributed by atoms with Crippen molar-refractivity contribution in [1.29, 1.82) is 0 Å². The summed E-state index contributed by atoms with van der Waals surface area (Å²) in [5.41, 5.74) is 2.31. The molecule has 172 valence electrons. The van der Waals surface area contributed by atoms with Crippen LogP contribution >= 0.6 is 0 Å². The van der Waals surface area contributed by atoms with Gasteiger partial charge in [-0.2, -0.15) is 0 Å². The Morgan fingerprint density at radius 2 is 2.12 bits per heavy atom. The van der Waals surface area contributed by atoms with Crippen LogP contribution in [0, 0.1) is 5.82 Å². The number of amides is 2. The van der Waals surface area contributed by atoms with Crippen LogP contribution in [0.1, 0.15) is 36.6 Å². The van der Waals surface area contributed by atoms with Crippen LogP contribution in [0.5, 0.6) is 0 Å². The number of hydrogen-bond donors (Lipinski definition) is 3. The summed E-state index contributed by atoms with van der Waals surface area (Å²) in [6.07, 6.45) is 2.76. The molecule has 0 aliphatic carbocycles. The van der Waals surface area contributed by atoms with Crippen LogP contribution in [0.3, 0.4) is 0 Å². The molecule has 3 aromatic rings. The molecule has 3 heterocycles. The van der Waals surface area contributed by atoms with E-state index in [1.54, 1.807) is 12.1 Å². The van der Waals surface area contributed by atoms with Gasteiger partial charge in [0.2, 0.25) is 11.8 Å². The lowest BCUT2D eigenvalue weighted by molar-refractivity contribution is -0.125. The number of aromatic nitrogens is 2. The second-order valence-electron chi connectivity index (χ2n) is 9.14. The molecule has 2 fully saturated rings. The van der Waals surface area contributed by atoms with Gasteiger partial charge in [-0.25, -0.2) is 9.37 Å². The van der Waals surface area contributed by atoms with Gasteiger partial charge in [0.15, 0.2) is 0 Å². The maximum Gasteiger partial charge on any atom is 0.234 e. The average Bonchev–Trinajstić information content (AvgIpc) is 3.34. The van der Waals surface area contributed by atoms with Crippen molar-refractivity contribution in [1.82, 2.24) is 25.5 Å². The van der Waals surface area contributed by atoms with Gasteiger partial charge in [0.25, 0.3) is 0 Å². The van der Waals surface area contributed by atoms with Gasteiger partial charge < -0.3 is 15.6 Å². The Morgan fingerprint density at radius 3 is 2.94 bits per heavy atom. The van der Waals surface area contributed by atoms with Crippen LogP contribution in [-0.4, -0.2) is 58.4 Å². The number of rotatable bonds is 6. The molecule has 0 bridgehead atoms. The van der Waals surface area contributed by atoms with Gasteiger partial charge in [-0.05, 0) is 42.7 Å². The third kappa shape index (κ3) is 4.61. The minimum absolute atomic E-state index is 0.0276. The highest BCUT2D eigenvalue weighted by Gasteiger charge is 2.49. The van der Waals surface area contributed by atoms with E-state index in [0.29, 0.717) is 32.5 Å². The zero-order valence-electron chi connectivity index (χ0n) is 18.4. The lowest BCUT2D eigenvalue weighted by atomic mass is 9.76. The molecular formula is C25H28FN5O2. The van der Waals surface area contributed by atoms with E-state index >= 15 is 0 Å². The molecule has 1 aromatic heterocycles. The molecule has 2 amide bonds. The van der Waals surface area contributed by atoms with Crippen LogP contribution < -0.4 is 10.6 Å². The molecule has 0 unspecified atom stereocenters. The molecule has 2 aliphatic rings. The Balaban J connectivity index is 1.21. The maximum atomic E-state index is 13.9. The SMILES string of the molecule is O=C(CN1C[C@@H](c2cccc(F)c2)[C@@]2(CCCC(=O)N2)C1)NCCc1nc2ccccc2[nH]1. The second-order valence-corrected chi connectivity index (χ2v) is 9.14. The van der Waals surface area contributed by atoms with Crippen molar-refractivity contribution in [2.24, 2.45) is 0 Å². The first-order chi connectivity index (χ1) is 16.0. The number of nitrogens with one attached hydrogen (secondary N) is 3. The zero-order chi connectivity index (χ0) is 22.8. The highest BCUT2D eigenvalue weighted by molar-refractivity contribution is 5.79. The van der Waals surface area contributed by atoms with Gasteiger partial charge in [0, 0.05) is 38.4 Å². The number of nitrogens with zero attached hydrogens (tertiary/aromatic N) is 2. The number of fused-ring (bicyclic) bond motifs is 1. The summed E-state index contributed by atoms with van der Waals surface area (Å²) in [4.78, 5) is 34.8. The predicted molar refractivity (Wildman–Crippen MR) is 123 cm³/mol.